The van der Waals surface area contributed by atoms with Crippen LogP contribution in [-0.4, -0.2) is 104 Å². The molecule has 0 saturated carbocycles. The van der Waals surface area contributed by atoms with E-state index >= 15 is 0 Å². The van der Waals surface area contributed by atoms with Crippen molar-refractivity contribution < 1.29 is 17.9 Å². The van der Waals surface area contributed by atoms with E-state index in [1.165, 1.54) is 23.2 Å². The number of aromatic nitrogens is 3. The number of benzene rings is 2. The highest BCUT2D eigenvalue weighted by molar-refractivity contribution is 7.91. The third-order valence-corrected chi connectivity index (χ3v) is 10.4. The van der Waals surface area contributed by atoms with E-state index in [0.717, 1.165) is 52.3 Å². The van der Waals surface area contributed by atoms with Gasteiger partial charge >= 0.3 is 6.09 Å². The molecule has 1 atom stereocenters. The van der Waals surface area contributed by atoms with Crippen LogP contribution in [0.4, 0.5) is 15.7 Å². The quantitative estimate of drug-likeness (QED) is 0.269. The summed E-state index contributed by atoms with van der Waals surface area (Å²) in [5.74, 6) is 0.770. The van der Waals surface area contributed by atoms with Crippen molar-refractivity contribution >= 4 is 49.3 Å². The fraction of sp³-hybridized carbons (Fsp3) is 0.379. The molecule has 43 heavy (non-hydrogen) atoms. The number of nitrogens with zero attached hydrogens (tertiary/aromatic N) is 6. The zero-order chi connectivity index (χ0) is 30.6. The van der Waals surface area contributed by atoms with Crippen LogP contribution in [0.1, 0.15) is 12.5 Å². The molecule has 1 saturated heterocycles. The minimum atomic E-state index is -3.71. The molecule has 14 heteroatoms. The van der Waals surface area contributed by atoms with Gasteiger partial charge in [-0.3, -0.25) is 10.2 Å². The molecular formula is C29H36N8O4S2. The molecule has 12 nitrogen and oxygen atoms in total. The number of methoxy groups -OCH3 is 1. The van der Waals surface area contributed by atoms with Crippen molar-refractivity contribution in [1.29, 1.82) is 0 Å². The molecule has 2 N–H and O–H groups in total. The topological polar surface area (TPSA) is 133 Å². The maximum atomic E-state index is 13.2. The first-order valence-electron chi connectivity index (χ1n) is 13.9. The summed E-state index contributed by atoms with van der Waals surface area (Å²) in [6.07, 6.45) is 2.16. The molecule has 1 aliphatic rings. The number of hydrogen-bond donors (Lipinski definition) is 2. The van der Waals surface area contributed by atoms with Crippen molar-refractivity contribution in [2.45, 2.75) is 23.7 Å². The predicted octanol–water partition coefficient (Wildman–Crippen LogP) is 3.80. The fourth-order valence-electron chi connectivity index (χ4n) is 5.16. The van der Waals surface area contributed by atoms with Crippen LogP contribution in [0.15, 0.2) is 59.2 Å². The van der Waals surface area contributed by atoms with E-state index in [0.29, 0.717) is 26.2 Å². The lowest BCUT2D eigenvalue weighted by Gasteiger charge is -2.35. The molecule has 0 bridgehead atoms. The Morgan fingerprint density at radius 3 is 2.60 bits per heavy atom. The third kappa shape index (κ3) is 7.28. The van der Waals surface area contributed by atoms with Crippen molar-refractivity contribution in [3.05, 3.63) is 60.6 Å². The smallest absolute Gasteiger partial charge is 0.413 e. The largest absolute Gasteiger partial charge is 0.453 e. The number of hydrogen-bond acceptors (Lipinski definition) is 11. The van der Waals surface area contributed by atoms with Crippen LogP contribution in [-0.2, 0) is 21.3 Å². The van der Waals surface area contributed by atoms with Gasteiger partial charge in [0.1, 0.15) is 12.1 Å². The minimum Gasteiger partial charge on any atom is -0.453 e. The predicted molar refractivity (Wildman–Crippen MR) is 169 cm³/mol. The molecule has 0 aliphatic carbocycles. The second-order valence-corrected chi connectivity index (χ2v) is 13.9. The van der Waals surface area contributed by atoms with E-state index < -0.39 is 16.1 Å². The number of sulfonamides is 1. The second kappa shape index (κ2) is 13.3. The van der Waals surface area contributed by atoms with Crippen molar-refractivity contribution in [1.82, 2.24) is 29.1 Å². The first-order valence-corrected chi connectivity index (χ1v) is 16.2. The molecule has 5 rings (SSSR count). The number of amides is 1. The van der Waals surface area contributed by atoms with Crippen LogP contribution in [0.3, 0.4) is 0 Å². The van der Waals surface area contributed by atoms with E-state index in [9.17, 15) is 13.2 Å². The van der Waals surface area contributed by atoms with Gasteiger partial charge in [-0.15, -0.1) is 0 Å². The number of carbonyl (C=O) groups is 1. The molecule has 228 valence electrons. The van der Waals surface area contributed by atoms with Gasteiger partial charge in [-0.1, -0.05) is 41.7 Å². The number of nitrogens with one attached hydrogen (secondary N) is 2. The van der Waals surface area contributed by atoms with Gasteiger partial charge in [-0.25, -0.2) is 28.2 Å². The van der Waals surface area contributed by atoms with E-state index in [1.807, 2.05) is 12.1 Å². The van der Waals surface area contributed by atoms with E-state index in [1.54, 1.807) is 6.33 Å². The zero-order valence-electron chi connectivity index (χ0n) is 24.6. The van der Waals surface area contributed by atoms with E-state index in [2.05, 4.69) is 91.5 Å². The highest BCUT2D eigenvalue weighted by Gasteiger charge is 2.31. The van der Waals surface area contributed by atoms with Crippen LogP contribution in [0.2, 0.25) is 0 Å². The van der Waals surface area contributed by atoms with Crippen molar-refractivity contribution in [2.75, 3.05) is 64.6 Å². The number of para-hydroxylation sites is 1. The number of ether oxygens (including phenoxy) is 1. The summed E-state index contributed by atoms with van der Waals surface area (Å²) in [5, 5.41) is 7.08. The molecule has 0 unspecified atom stereocenters. The van der Waals surface area contributed by atoms with Crippen LogP contribution in [0.25, 0.3) is 22.0 Å². The molecule has 4 aromatic rings. The summed E-state index contributed by atoms with van der Waals surface area (Å²) in [5.41, 5.74) is 4.30. The normalized spacial score (nSPS) is 15.5. The Morgan fingerprint density at radius 1 is 1.09 bits per heavy atom. The third-order valence-electron chi connectivity index (χ3n) is 7.12. The van der Waals surface area contributed by atoms with E-state index in [4.69, 9.17) is 0 Å². The number of piperazine rings is 1. The van der Waals surface area contributed by atoms with Gasteiger partial charge in [-0.05, 0) is 44.3 Å². The molecule has 3 heterocycles. The van der Waals surface area contributed by atoms with Gasteiger partial charge in [0.2, 0.25) is 0 Å². The van der Waals surface area contributed by atoms with Gasteiger partial charge in [-0.2, -0.15) is 4.31 Å². The Kier molecular flexibility index (Phi) is 9.52. The van der Waals surface area contributed by atoms with Crippen molar-refractivity contribution in [3.8, 4) is 11.1 Å². The average Bonchev–Trinajstić information content (AvgIpc) is 3.46. The highest BCUT2D eigenvalue weighted by atomic mass is 32.2. The summed E-state index contributed by atoms with van der Waals surface area (Å²) >= 11 is 0.903. The maximum Gasteiger partial charge on any atom is 0.413 e. The summed E-state index contributed by atoms with van der Waals surface area (Å²) in [7, 11) is 1.64. The Labute approximate surface area is 255 Å². The molecular weight excluding hydrogens is 589 g/mol. The number of fused-ring (bicyclic) bond motifs is 1. The van der Waals surface area contributed by atoms with Gasteiger partial charge in [0, 0.05) is 56.3 Å². The first-order chi connectivity index (χ1) is 20.6. The lowest BCUT2D eigenvalue weighted by Crippen LogP contribution is -2.50. The molecule has 2 aromatic heterocycles. The average molecular weight is 625 g/mol. The van der Waals surface area contributed by atoms with Crippen LogP contribution in [0.5, 0.6) is 0 Å². The summed E-state index contributed by atoms with van der Waals surface area (Å²) < 4.78 is 32.4. The van der Waals surface area contributed by atoms with Crippen molar-refractivity contribution in [3.63, 3.8) is 0 Å². The SMILES string of the molecule is COC(=O)Nc1ncc(S(=O)(=O)N2CCN(C[C@H](C)Nc3ncnc4c(-c5cccc(CN(C)C)c5)cccc34)CC2)s1. The molecule has 0 radical (unpaired) electrons. The Bertz CT molecular complexity index is 1690. The maximum absolute atomic E-state index is 13.2. The lowest BCUT2D eigenvalue weighted by molar-refractivity contribution is 0.184. The second-order valence-electron chi connectivity index (χ2n) is 10.7. The fourth-order valence-corrected chi connectivity index (χ4v) is 7.75. The summed E-state index contributed by atoms with van der Waals surface area (Å²) in [6.45, 7) is 5.58. The summed E-state index contributed by atoms with van der Waals surface area (Å²) in [6, 6.07) is 14.7. The Morgan fingerprint density at radius 2 is 1.86 bits per heavy atom. The minimum absolute atomic E-state index is 0.0572. The highest BCUT2D eigenvalue weighted by Crippen LogP contribution is 2.31. The standard InChI is InChI=1S/C29H36N8O4S2/c1-20(17-36-11-13-37(14-12-36)43(39,40)25-16-30-28(42-25)34-29(38)41-4)33-27-24-10-6-9-23(26(24)31-19-32-27)22-8-5-7-21(15-22)18-35(2)3/h5-10,15-16,19-20H,11-14,17-18H2,1-4H3,(H,30,34,38)(H,31,32,33)/t20-/m0/s1. The Hall–Kier alpha value is -3.69. The number of anilines is 2. The van der Waals surface area contributed by atoms with Gasteiger partial charge in [0.05, 0.1) is 18.8 Å². The number of thiazole rings is 1. The molecule has 2 aromatic carbocycles. The van der Waals surface area contributed by atoms with Crippen LogP contribution >= 0.6 is 11.3 Å². The molecule has 1 fully saturated rings. The van der Waals surface area contributed by atoms with Crippen LogP contribution < -0.4 is 10.6 Å². The molecule has 1 aliphatic heterocycles. The number of rotatable bonds is 10. The van der Waals surface area contributed by atoms with Gasteiger partial charge in [0.15, 0.2) is 9.34 Å². The van der Waals surface area contributed by atoms with Crippen LogP contribution in [0, 0.1) is 0 Å². The first kappa shape index (κ1) is 30.8. The van der Waals surface area contributed by atoms with Gasteiger partial charge in [0.25, 0.3) is 10.0 Å². The Balaban J connectivity index is 1.22. The number of carbonyl (C=O) groups excluding carboxylic acids is 1. The van der Waals surface area contributed by atoms with Crippen molar-refractivity contribution in [2.24, 2.45) is 0 Å². The van der Waals surface area contributed by atoms with E-state index in [-0.39, 0.29) is 15.4 Å². The zero-order valence-corrected chi connectivity index (χ0v) is 26.3. The lowest BCUT2D eigenvalue weighted by atomic mass is 10.00. The molecule has 0 spiro atoms. The monoisotopic (exact) mass is 624 g/mol. The molecule has 1 amide bonds. The summed E-state index contributed by atoms with van der Waals surface area (Å²) in [4.78, 5) is 29.0. The van der Waals surface area contributed by atoms with Gasteiger partial charge < -0.3 is 15.0 Å².